The number of quaternary nitrogens is 4. The molecular weight excluding hydrogens is 1280 g/mol. The van der Waals surface area contributed by atoms with Crippen molar-refractivity contribution in [1.29, 1.82) is 0 Å². The molecule has 0 aromatic heterocycles. The summed E-state index contributed by atoms with van der Waals surface area (Å²) in [5.41, 5.74) is 2.54. The molecule has 4 aromatic carbocycles. The van der Waals surface area contributed by atoms with Crippen molar-refractivity contribution in [3.8, 4) is 23.0 Å². The van der Waals surface area contributed by atoms with Gasteiger partial charge in [0, 0.05) is 51.9 Å². The monoisotopic (exact) mass is 1400 g/mol. The maximum Gasteiger partial charge on any atom is 0.257 e. The molecule has 0 atom stereocenters. The van der Waals surface area contributed by atoms with E-state index in [-0.39, 0.29) is 71.7 Å². The Bertz CT molecular complexity index is 2760. The molecule has 0 radical (unpaired) electrons. The lowest BCUT2D eigenvalue weighted by atomic mass is 9.87. The van der Waals surface area contributed by atoms with Crippen molar-refractivity contribution in [2.24, 2.45) is 0 Å². The van der Waals surface area contributed by atoms with Gasteiger partial charge in [-0.1, -0.05) is 130 Å². The van der Waals surface area contributed by atoms with Crippen LogP contribution in [0, 0.1) is 0 Å². The molecule has 0 unspecified atom stereocenters. The number of benzene rings is 4. The second-order valence-electron chi connectivity index (χ2n) is 32.5. The molecule has 0 saturated carbocycles. The molecule has 5 rings (SSSR count). The number of carbonyl (C=O) groups excluding carboxylic acids is 4. The van der Waals surface area contributed by atoms with Gasteiger partial charge >= 0.3 is 0 Å². The van der Waals surface area contributed by atoms with E-state index in [2.05, 4.69) is 237 Å². The smallest absolute Gasteiger partial charge is 0.257 e. The predicted molar refractivity (Wildman–Crippen MR) is 400 cm³/mol. The van der Waals surface area contributed by atoms with Crippen LogP contribution in [0.1, 0.15) is 159 Å². The first-order valence-electron chi connectivity index (χ1n) is 34.8. The van der Waals surface area contributed by atoms with Gasteiger partial charge in [-0.05, 0) is 120 Å². The first-order valence-corrected chi connectivity index (χ1v) is 38.1. The van der Waals surface area contributed by atoms with Crippen LogP contribution in [-0.4, -0.2) is 203 Å². The highest BCUT2D eigenvalue weighted by Gasteiger charge is 2.32. The van der Waals surface area contributed by atoms with Crippen molar-refractivity contribution in [2.45, 2.75) is 197 Å². The van der Waals surface area contributed by atoms with Gasteiger partial charge in [-0.25, -0.2) is 0 Å². The third-order valence-corrected chi connectivity index (χ3v) is 22.5. The van der Waals surface area contributed by atoms with Crippen LogP contribution in [-0.2, 0) is 40.8 Å². The standard InChI is InChI=1S/C76H120N8O8S4/c1-25-81(17,18)37-29-33-77-65(85)49-89-69-57-41-53(73(5,6)7)42-58(69)94-60-44-55(75(11,12)13)46-62(71(60)91-51-67(87)79-35-31-39-83(21,22)27-3)96-64-48-56(76(14,15)16)47-63(72(64)92-52-68(88)80-36-32-40-84(23,24)28-4)95-61-45-54(74(8,9)10)43-59(93-57)70(61)90-50-66(86)78-34-30-38-82(19,20)26-2/h41-48H,25-40,49-52H2,1-24H3/p+4. The molecule has 4 N–H and O–H groups in total. The van der Waals surface area contributed by atoms with Crippen LogP contribution in [0.3, 0.4) is 0 Å². The molecule has 0 spiro atoms. The van der Waals surface area contributed by atoms with Gasteiger partial charge in [0.2, 0.25) is 0 Å². The maximum absolute atomic E-state index is 14.2. The molecule has 16 nitrogen and oxygen atoms in total. The van der Waals surface area contributed by atoms with Crippen molar-refractivity contribution in [3.05, 3.63) is 70.8 Å². The van der Waals surface area contributed by atoms with Crippen molar-refractivity contribution in [3.63, 3.8) is 0 Å². The molecule has 1 aliphatic rings. The number of rotatable bonds is 32. The molecule has 20 heteroatoms. The van der Waals surface area contributed by atoms with E-state index in [1.165, 1.54) is 47.0 Å². The van der Waals surface area contributed by atoms with Gasteiger partial charge in [0.25, 0.3) is 23.6 Å². The van der Waals surface area contributed by atoms with Crippen LogP contribution >= 0.6 is 47.0 Å². The summed E-state index contributed by atoms with van der Waals surface area (Å²) in [6.07, 6.45) is 3.22. The Kier molecular flexibility index (Phi) is 29.8. The van der Waals surface area contributed by atoms with Crippen molar-refractivity contribution in [1.82, 2.24) is 21.3 Å². The zero-order chi connectivity index (χ0) is 71.8. The van der Waals surface area contributed by atoms with Gasteiger partial charge < -0.3 is 58.1 Å². The molecule has 536 valence electrons. The highest BCUT2D eigenvalue weighted by atomic mass is 32.2. The molecule has 0 saturated heterocycles. The van der Waals surface area contributed by atoms with Crippen molar-refractivity contribution in [2.75, 3.05) is 161 Å². The second-order valence-corrected chi connectivity index (χ2v) is 36.8. The topological polar surface area (TPSA) is 153 Å². The number of fused-ring (bicyclic) bond motifs is 8. The molecular formula is C76H124N8O8S4+4. The summed E-state index contributed by atoms with van der Waals surface area (Å²) in [5, 5.41) is 12.6. The summed E-state index contributed by atoms with van der Waals surface area (Å²) in [6.45, 7) is 43.5. The van der Waals surface area contributed by atoms with Crippen molar-refractivity contribution >= 4 is 70.7 Å². The number of nitrogens with zero attached hydrogens (tertiary/aromatic N) is 4. The Labute approximate surface area is 596 Å². The summed E-state index contributed by atoms with van der Waals surface area (Å²) in [4.78, 5) is 62.6. The lowest BCUT2D eigenvalue weighted by Gasteiger charge is -2.28. The van der Waals surface area contributed by atoms with E-state index in [1.54, 1.807) is 0 Å². The Morgan fingerprint density at radius 1 is 0.312 bits per heavy atom. The van der Waals surface area contributed by atoms with E-state index < -0.39 is 0 Å². The number of carbonyl (C=O) groups is 4. The molecule has 0 fully saturated rings. The number of ether oxygens (including phenoxy) is 4. The Hall–Kier alpha value is -4.80. The molecule has 1 aliphatic heterocycles. The summed E-state index contributed by atoms with van der Waals surface area (Å²) in [6, 6.07) is 17.3. The minimum absolute atomic E-state index is 0.242. The fraction of sp³-hybridized carbons (Fsp3) is 0.632. The average molecular weight is 1410 g/mol. The number of hydrogen-bond donors (Lipinski definition) is 4. The lowest BCUT2D eigenvalue weighted by molar-refractivity contribution is -0.888. The van der Waals surface area contributed by atoms with Gasteiger partial charge in [0.1, 0.15) is 23.0 Å². The van der Waals surface area contributed by atoms with Crippen LogP contribution in [0.15, 0.2) is 87.7 Å². The maximum atomic E-state index is 14.2. The third-order valence-electron chi connectivity index (χ3n) is 18.3. The predicted octanol–water partition coefficient (Wildman–Crippen LogP) is 13.7. The highest BCUT2D eigenvalue weighted by molar-refractivity contribution is 8.01. The van der Waals surface area contributed by atoms with E-state index in [9.17, 15) is 19.2 Å². The molecule has 4 aromatic rings. The van der Waals surface area contributed by atoms with Crippen molar-refractivity contribution < 1.29 is 56.1 Å². The number of amides is 4. The summed E-state index contributed by atoms with van der Waals surface area (Å²) in [7, 11) is 17.6. The third kappa shape index (κ3) is 26.1. The van der Waals surface area contributed by atoms with Crippen LogP contribution < -0.4 is 40.2 Å². The Morgan fingerprint density at radius 2 is 0.469 bits per heavy atom. The zero-order valence-corrected chi connectivity index (χ0v) is 66.7. The van der Waals surface area contributed by atoms with Gasteiger partial charge in [-0.15, -0.1) is 0 Å². The molecule has 0 aliphatic carbocycles. The average Bonchev–Trinajstić information content (AvgIpc) is 0.769. The van der Waals surface area contributed by atoms with Crippen LogP contribution in [0.5, 0.6) is 23.0 Å². The first-order chi connectivity index (χ1) is 44.5. The SMILES string of the molecule is CC[N+](C)(C)CCCNC(=O)COc1c2cc(C(C)(C)C)cc1Sc1cc(C(C)(C)C)cc(c1OCC(=O)NCCC[N+](C)(C)CC)Sc1cc(C(C)(C)C)cc(c1OCC(=O)NCCC[N+](C)(C)CC)Sc1cc(C(C)(C)C)cc(c1OCC(=O)NCCC[N+](C)(C)CC)S2. The van der Waals surface area contributed by atoms with Crippen LogP contribution in [0.2, 0.25) is 0 Å². The Morgan fingerprint density at radius 3 is 0.604 bits per heavy atom. The second kappa shape index (κ2) is 35.0. The fourth-order valence-electron chi connectivity index (χ4n) is 10.0. The largest absolute Gasteiger partial charge is 0.481 e. The summed E-state index contributed by atoms with van der Waals surface area (Å²) >= 11 is 5.92. The minimum Gasteiger partial charge on any atom is -0.481 e. The molecule has 96 heavy (non-hydrogen) atoms. The zero-order valence-electron chi connectivity index (χ0n) is 63.4. The van der Waals surface area contributed by atoms with Crippen LogP contribution in [0.4, 0.5) is 0 Å². The van der Waals surface area contributed by atoms with Gasteiger partial charge in [-0.2, -0.15) is 0 Å². The summed E-state index contributed by atoms with van der Waals surface area (Å²) < 4.78 is 31.4. The fourth-order valence-corrected chi connectivity index (χ4v) is 14.8. The quantitative estimate of drug-likeness (QED) is 0.0239. The summed E-state index contributed by atoms with van der Waals surface area (Å²) in [5.74, 6) is 0.999. The van der Waals surface area contributed by atoms with Gasteiger partial charge in [0.05, 0.1) is 148 Å². The normalized spacial score (nSPS) is 13.4. The highest BCUT2D eigenvalue weighted by Crippen LogP contribution is 2.56. The van der Waals surface area contributed by atoms with E-state index in [0.29, 0.717) is 49.2 Å². The Balaban J connectivity index is 1.91. The van der Waals surface area contributed by atoms with Crippen LogP contribution in [0.25, 0.3) is 0 Å². The molecule has 8 bridgehead atoms. The van der Waals surface area contributed by atoms with E-state index in [1.807, 2.05) is 0 Å². The molecule has 1 heterocycles. The minimum atomic E-state index is -0.383. The van der Waals surface area contributed by atoms with Gasteiger partial charge in [0.15, 0.2) is 26.4 Å². The van der Waals surface area contributed by atoms with E-state index in [0.717, 1.165) is 157 Å². The lowest BCUT2D eigenvalue weighted by Crippen LogP contribution is -2.41. The number of hydrogen-bond acceptors (Lipinski definition) is 12. The van der Waals surface area contributed by atoms with E-state index in [4.69, 9.17) is 18.9 Å². The number of nitrogens with one attached hydrogen (secondary N) is 4. The molecule has 4 amide bonds. The van der Waals surface area contributed by atoms with E-state index >= 15 is 0 Å². The first kappa shape index (κ1) is 81.9. The van der Waals surface area contributed by atoms with Gasteiger partial charge in [-0.3, -0.25) is 19.2 Å².